The van der Waals surface area contributed by atoms with Crippen molar-refractivity contribution in [3.8, 4) is 11.5 Å². The van der Waals surface area contributed by atoms with Gasteiger partial charge in [0.15, 0.2) is 0 Å². The third-order valence-electron chi connectivity index (χ3n) is 3.66. The number of aryl methyl sites for hydroxylation is 1. The number of hydrogen-bond donors (Lipinski definition) is 0. The van der Waals surface area contributed by atoms with Crippen molar-refractivity contribution in [2.45, 2.75) is 20.1 Å². The molecular weight excluding hydrogens is 288 g/mol. The predicted molar refractivity (Wildman–Crippen MR) is 89.7 cm³/mol. The van der Waals surface area contributed by atoms with Gasteiger partial charge in [-0.3, -0.25) is 0 Å². The molecule has 0 saturated heterocycles. The summed E-state index contributed by atoms with van der Waals surface area (Å²) in [7, 11) is 0. The summed E-state index contributed by atoms with van der Waals surface area (Å²) < 4.78 is 13.5. The van der Waals surface area contributed by atoms with Crippen LogP contribution in [0.25, 0.3) is 0 Å². The van der Waals surface area contributed by atoms with Gasteiger partial charge in [-0.25, -0.2) is 4.98 Å². The second-order valence-corrected chi connectivity index (χ2v) is 5.34. The van der Waals surface area contributed by atoms with Crippen molar-refractivity contribution in [2.75, 3.05) is 6.61 Å². The number of rotatable bonds is 7. The highest BCUT2D eigenvalue weighted by Crippen LogP contribution is 2.19. The van der Waals surface area contributed by atoms with Crippen LogP contribution in [-0.4, -0.2) is 16.2 Å². The second kappa shape index (κ2) is 7.49. The Morgan fingerprint density at radius 3 is 2.39 bits per heavy atom. The number of nitrogens with zero attached hydrogens (tertiary/aromatic N) is 2. The van der Waals surface area contributed by atoms with E-state index < -0.39 is 0 Å². The van der Waals surface area contributed by atoms with E-state index in [0.29, 0.717) is 13.2 Å². The molecule has 0 saturated carbocycles. The minimum absolute atomic E-state index is 0.577. The maximum atomic E-state index is 5.82. The van der Waals surface area contributed by atoms with Gasteiger partial charge in [0.1, 0.15) is 24.7 Å². The Morgan fingerprint density at radius 2 is 1.70 bits per heavy atom. The summed E-state index contributed by atoms with van der Waals surface area (Å²) in [6.07, 6.45) is 5.47. The molecule has 4 heteroatoms. The van der Waals surface area contributed by atoms with Crippen molar-refractivity contribution < 1.29 is 9.47 Å². The van der Waals surface area contributed by atoms with Crippen LogP contribution in [0.15, 0.2) is 67.3 Å². The number of aromatic nitrogens is 2. The van der Waals surface area contributed by atoms with Crippen LogP contribution in [0.3, 0.4) is 0 Å². The van der Waals surface area contributed by atoms with E-state index >= 15 is 0 Å². The lowest BCUT2D eigenvalue weighted by Gasteiger charge is -2.10. The summed E-state index contributed by atoms with van der Waals surface area (Å²) in [6, 6.07) is 16.0. The molecule has 0 bridgehead atoms. The molecular formula is C19H20N2O2. The molecule has 3 rings (SSSR count). The van der Waals surface area contributed by atoms with E-state index in [2.05, 4.69) is 24.0 Å². The largest absolute Gasteiger partial charge is 0.492 e. The fourth-order valence-electron chi connectivity index (χ4n) is 2.25. The SMILES string of the molecule is Cc1ccccc1COc1ccc(OCCn2ccnc2)cc1. The van der Waals surface area contributed by atoms with Crippen molar-refractivity contribution in [2.24, 2.45) is 0 Å². The molecule has 4 nitrogen and oxygen atoms in total. The molecule has 0 aliphatic carbocycles. The summed E-state index contributed by atoms with van der Waals surface area (Å²) in [4.78, 5) is 4.00. The lowest BCUT2D eigenvalue weighted by atomic mass is 10.1. The maximum absolute atomic E-state index is 5.82. The first-order valence-electron chi connectivity index (χ1n) is 7.67. The van der Waals surface area contributed by atoms with E-state index in [-0.39, 0.29) is 0 Å². The van der Waals surface area contributed by atoms with E-state index in [1.54, 1.807) is 12.5 Å². The topological polar surface area (TPSA) is 36.3 Å². The summed E-state index contributed by atoms with van der Waals surface area (Å²) >= 11 is 0. The molecule has 0 fully saturated rings. The molecule has 1 aromatic heterocycles. The van der Waals surface area contributed by atoms with E-state index in [1.807, 2.05) is 47.2 Å². The van der Waals surface area contributed by atoms with Gasteiger partial charge in [0.05, 0.1) is 12.9 Å². The molecule has 118 valence electrons. The van der Waals surface area contributed by atoms with Gasteiger partial charge in [0.2, 0.25) is 0 Å². The minimum Gasteiger partial charge on any atom is -0.492 e. The van der Waals surface area contributed by atoms with Crippen LogP contribution < -0.4 is 9.47 Å². The van der Waals surface area contributed by atoms with Gasteiger partial charge >= 0.3 is 0 Å². The molecule has 0 aliphatic heterocycles. The lowest BCUT2D eigenvalue weighted by molar-refractivity contribution is 0.292. The molecule has 2 aromatic carbocycles. The Labute approximate surface area is 136 Å². The first-order valence-corrected chi connectivity index (χ1v) is 7.67. The van der Waals surface area contributed by atoms with Gasteiger partial charge < -0.3 is 14.0 Å². The van der Waals surface area contributed by atoms with Gasteiger partial charge in [-0.15, -0.1) is 0 Å². The average Bonchev–Trinajstić information content (AvgIpc) is 3.09. The van der Waals surface area contributed by atoms with Crippen molar-refractivity contribution in [1.82, 2.24) is 9.55 Å². The highest BCUT2D eigenvalue weighted by atomic mass is 16.5. The Balaban J connectivity index is 1.48. The third-order valence-corrected chi connectivity index (χ3v) is 3.66. The zero-order valence-electron chi connectivity index (χ0n) is 13.2. The molecule has 23 heavy (non-hydrogen) atoms. The first kappa shape index (κ1) is 15.2. The van der Waals surface area contributed by atoms with Crippen LogP contribution in [0.1, 0.15) is 11.1 Å². The van der Waals surface area contributed by atoms with Gasteiger partial charge in [0, 0.05) is 12.4 Å². The quantitative estimate of drug-likeness (QED) is 0.665. The Hall–Kier alpha value is -2.75. The molecule has 0 N–H and O–H groups in total. The highest BCUT2D eigenvalue weighted by molar-refractivity contribution is 5.32. The van der Waals surface area contributed by atoms with Crippen LogP contribution in [0.5, 0.6) is 11.5 Å². The van der Waals surface area contributed by atoms with Crippen LogP contribution in [-0.2, 0) is 13.2 Å². The summed E-state index contributed by atoms with van der Waals surface area (Å²) in [6.45, 7) is 4.06. The summed E-state index contributed by atoms with van der Waals surface area (Å²) in [5.41, 5.74) is 2.44. The van der Waals surface area contributed by atoms with Crippen LogP contribution in [0.4, 0.5) is 0 Å². The number of benzene rings is 2. The number of imidazole rings is 1. The fourth-order valence-corrected chi connectivity index (χ4v) is 2.25. The van der Waals surface area contributed by atoms with E-state index in [1.165, 1.54) is 11.1 Å². The maximum Gasteiger partial charge on any atom is 0.120 e. The molecule has 0 aliphatic rings. The van der Waals surface area contributed by atoms with Crippen LogP contribution in [0.2, 0.25) is 0 Å². The molecule has 3 aromatic rings. The Morgan fingerprint density at radius 1 is 0.957 bits per heavy atom. The number of ether oxygens (including phenoxy) is 2. The minimum atomic E-state index is 0.577. The fraction of sp³-hybridized carbons (Fsp3) is 0.211. The molecule has 1 heterocycles. The molecule has 0 spiro atoms. The zero-order chi connectivity index (χ0) is 15.9. The second-order valence-electron chi connectivity index (χ2n) is 5.34. The normalized spacial score (nSPS) is 10.5. The van der Waals surface area contributed by atoms with Crippen molar-refractivity contribution in [1.29, 1.82) is 0 Å². The zero-order valence-corrected chi connectivity index (χ0v) is 13.2. The van der Waals surface area contributed by atoms with Crippen LogP contribution >= 0.6 is 0 Å². The summed E-state index contributed by atoms with van der Waals surface area (Å²) in [5, 5.41) is 0. The van der Waals surface area contributed by atoms with Crippen molar-refractivity contribution >= 4 is 0 Å². The first-order chi connectivity index (χ1) is 11.3. The van der Waals surface area contributed by atoms with Gasteiger partial charge in [0.25, 0.3) is 0 Å². The average molecular weight is 308 g/mol. The monoisotopic (exact) mass is 308 g/mol. The lowest BCUT2D eigenvalue weighted by Crippen LogP contribution is -2.06. The molecule has 0 atom stereocenters. The predicted octanol–water partition coefficient (Wildman–Crippen LogP) is 3.85. The number of hydrogen-bond acceptors (Lipinski definition) is 3. The molecule has 0 radical (unpaired) electrons. The summed E-state index contributed by atoms with van der Waals surface area (Å²) in [5.74, 6) is 1.68. The van der Waals surface area contributed by atoms with Gasteiger partial charge in [-0.05, 0) is 42.3 Å². The van der Waals surface area contributed by atoms with E-state index in [4.69, 9.17) is 9.47 Å². The van der Waals surface area contributed by atoms with Gasteiger partial charge in [-0.2, -0.15) is 0 Å². The standard InChI is InChI=1S/C19H20N2O2/c1-16-4-2-3-5-17(16)14-23-19-8-6-18(7-9-19)22-13-12-21-11-10-20-15-21/h2-11,15H,12-14H2,1H3. The van der Waals surface area contributed by atoms with Crippen LogP contribution in [0, 0.1) is 6.92 Å². The highest BCUT2D eigenvalue weighted by Gasteiger charge is 2.00. The Kier molecular flexibility index (Phi) is 4.94. The van der Waals surface area contributed by atoms with Crippen molar-refractivity contribution in [3.63, 3.8) is 0 Å². The molecule has 0 amide bonds. The van der Waals surface area contributed by atoms with E-state index in [0.717, 1.165) is 18.0 Å². The van der Waals surface area contributed by atoms with Crippen molar-refractivity contribution in [3.05, 3.63) is 78.4 Å². The smallest absolute Gasteiger partial charge is 0.120 e. The molecule has 0 unspecified atom stereocenters. The Bertz CT molecular complexity index is 721. The third kappa shape index (κ3) is 4.36. The van der Waals surface area contributed by atoms with Gasteiger partial charge in [-0.1, -0.05) is 24.3 Å². The van der Waals surface area contributed by atoms with E-state index in [9.17, 15) is 0 Å².